The molecular weight excluding hydrogens is 257 g/mol. The summed E-state index contributed by atoms with van der Waals surface area (Å²) in [5, 5.41) is 9.40. The SMILES string of the molecule is CCCC(C(=O)O)n1cc(C)cc1-c1ccc(F)cc1. The Morgan fingerprint density at radius 2 is 2.00 bits per heavy atom. The van der Waals surface area contributed by atoms with Crippen LogP contribution in [-0.4, -0.2) is 15.6 Å². The number of nitrogens with zero attached hydrogens (tertiary/aromatic N) is 1. The third-order valence-electron chi connectivity index (χ3n) is 3.31. The maximum atomic E-state index is 13.0. The lowest BCUT2D eigenvalue weighted by Crippen LogP contribution is -2.19. The zero-order chi connectivity index (χ0) is 14.7. The Morgan fingerprint density at radius 3 is 2.55 bits per heavy atom. The summed E-state index contributed by atoms with van der Waals surface area (Å²) in [6, 6.07) is 7.46. The van der Waals surface area contributed by atoms with Crippen LogP contribution in [0.3, 0.4) is 0 Å². The van der Waals surface area contributed by atoms with Crippen LogP contribution in [0, 0.1) is 12.7 Å². The van der Waals surface area contributed by atoms with Gasteiger partial charge >= 0.3 is 5.97 Å². The fourth-order valence-electron chi connectivity index (χ4n) is 2.38. The molecule has 1 heterocycles. The van der Waals surface area contributed by atoms with Crippen LogP contribution in [0.25, 0.3) is 11.3 Å². The van der Waals surface area contributed by atoms with E-state index in [0.29, 0.717) is 6.42 Å². The molecule has 0 amide bonds. The van der Waals surface area contributed by atoms with Crippen molar-refractivity contribution in [1.82, 2.24) is 4.57 Å². The van der Waals surface area contributed by atoms with E-state index < -0.39 is 12.0 Å². The second-order valence-electron chi connectivity index (χ2n) is 4.96. The highest BCUT2D eigenvalue weighted by Gasteiger charge is 2.21. The Hall–Kier alpha value is -2.10. The van der Waals surface area contributed by atoms with Gasteiger partial charge in [-0.25, -0.2) is 9.18 Å². The summed E-state index contributed by atoms with van der Waals surface area (Å²) in [6.45, 7) is 3.89. The van der Waals surface area contributed by atoms with Gasteiger partial charge in [0.05, 0.1) is 0 Å². The second-order valence-corrected chi connectivity index (χ2v) is 4.96. The molecule has 0 fully saturated rings. The van der Waals surface area contributed by atoms with Crippen LogP contribution < -0.4 is 0 Å². The first-order valence-corrected chi connectivity index (χ1v) is 6.70. The maximum Gasteiger partial charge on any atom is 0.326 e. The number of carboxylic acid groups (broad SMARTS) is 1. The van der Waals surface area contributed by atoms with Gasteiger partial charge in [0, 0.05) is 11.9 Å². The average molecular weight is 275 g/mol. The quantitative estimate of drug-likeness (QED) is 0.895. The first kappa shape index (κ1) is 14.3. The number of benzene rings is 1. The molecule has 1 N–H and O–H groups in total. The summed E-state index contributed by atoms with van der Waals surface area (Å²) >= 11 is 0. The van der Waals surface area contributed by atoms with E-state index in [2.05, 4.69) is 0 Å². The second kappa shape index (κ2) is 5.90. The van der Waals surface area contributed by atoms with E-state index in [-0.39, 0.29) is 5.82 Å². The molecule has 4 heteroatoms. The Morgan fingerprint density at radius 1 is 1.35 bits per heavy atom. The molecule has 1 atom stereocenters. The normalized spacial score (nSPS) is 12.3. The van der Waals surface area contributed by atoms with Crippen molar-refractivity contribution in [1.29, 1.82) is 0 Å². The standard InChI is InChI=1S/C16H18FNO2/c1-3-4-14(16(19)20)18-10-11(2)9-15(18)12-5-7-13(17)8-6-12/h5-10,14H,3-4H2,1-2H3,(H,19,20). The molecule has 3 nitrogen and oxygen atoms in total. The fraction of sp³-hybridized carbons (Fsp3) is 0.312. The zero-order valence-corrected chi connectivity index (χ0v) is 11.6. The molecule has 0 bridgehead atoms. The van der Waals surface area contributed by atoms with E-state index in [1.807, 2.05) is 26.1 Å². The smallest absolute Gasteiger partial charge is 0.326 e. The molecule has 0 aliphatic carbocycles. The highest BCUT2D eigenvalue weighted by atomic mass is 19.1. The summed E-state index contributed by atoms with van der Waals surface area (Å²) in [6.07, 6.45) is 3.20. The lowest BCUT2D eigenvalue weighted by molar-refractivity contribution is -0.141. The summed E-state index contributed by atoms with van der Waals surface area (Å²) in [7, 11) is 0. The van der Waals surface area contributed by atoms with Gasteiger partial charge in [-0.1, -0.05) is 13.3 Å². The Balaban J connectivity index is 2.49. The van der Waals surface area contributed by atoms with Crippen molar-refractivity contribution >= 4 is 5.97 Å². The van der Waals surface area contributed by atoms with Crippen molar-refractivity contribution in [3.63, 3.8) is 0 Å². The summed E-state index contributed by atoms with van der Waals surface area (Å²) in [5.41, 5.74) is 2.62. The molecule has 2 rings (SSSR count). The molecule has 1 aromatic heterocycles. The molecule has 0 aliphatic rings. The van der Waals surface area contributed by atoms with Crippen molar-refractivity contribution in [2.24, 2.45) is 0 Å². The molecule has 0 aliphatic heterocycles. The number of aryl methyl sites for hydroxylation is 1. The van der Waals surface area contributed by atoms with Crippen LogP contribution in [0.15, 0.2) is 36.5 Å². The molecule has 20 heavy (non-hydrogen) atoms. The number of halogens is 1. The molecule has 0 saturated carbocycles. The van der Waals surface area contributed by atoms with Crippen molar-refractivity contribution in [2.75, 3.05) is 0 Å². The van der Waals surface area contributed by atoms with Gasteiger partial charge in [-0.3, -0.25) is 0 Å². The number of aliphatic carboxylic acids is 1. The Kier molecular flexibility index (Phi) is 4.23. The first-order valence-electron chi connectivity index (χ1n) is 6.70. The van der Waals surface area contributed by atoms with Gasteiger partial charge in [-0.15, -0.1) is 0 Å². The van der Waals surface area contributed by atoms with E-state index in [0.717, 1.165) is 23.2 Å². The third kappa shape index (κ3) is 2.90. The highest BCUT2D eigenvalue weighted by Crippen LogP contribution is 2.28. The molecule has 106 valence electrons. The first-order chi connectivity index (χ1) is 9.52. The van der Waals surface area contributed by atoms with E-state index in [1.54, 1.807) is 16.7 Å². The van der Waals surface area contributed by atoms with E-state index in [9.17, 15) is 14.3 Å². The Labute approximate surface area is 117 Å². The number of rotatable bonds is 5. The van der Waals surface area contributed by atoms with Crippen molar-refractivity contribution in [3.8, 4) is 11.3 Å². The third-order valence-corrected chi connectivity index (χ3v) is 3.31. The van der Waals surface area contributed by atoms with Gasteiger partial charge in [0.15, 0.2) is 0 Å². The van der Waals surface area contributed by atoms with Crippen LogP contribution in [0.1, 0.15) is 31.4 Å². The zero-order valence-electron chi connectivity index (χ0n) is 11.6. The maximum absolute atomic E-state index is 13.0. The predicted molar refractivity (Wildman–Crippen MR) is 76.1 cm³/mol. The van der Waals surface area contributed by atoms with Crippen LogP contribution in [-0.2, 0) is 4.79 Å². The lowest BCUT2D eigenvalue weighted by atomic mass is 10.1. The summed E-state index contributed by atoms with van der Waals surface area (Å²) in [5.74, 6) is -1.14. The molecular formula is C16H18FNO2. The van der Waals surface area contributed by atoms with Gasteiger partial charge in [0.1, 0.15) is 11.9 Å². The van der Waals surface area contributed by atoms with Gasteiger partial charge in [0.25, 0.3) is 0 Å². The van der Waals surface area contributed by atoms with Crippen molar-refractivity contribution < 1.29 is 14.3 Å². The van der Waals surface area contributed by atoms with Gasteiger partial charge < -0.3 is 9.67 Å². The molecule has 2 aromatic rings. The number of carbonyl (C=O) groups is 1. The van der Waals surface area contributed by atoms with Crippen molar-refractivity contribution in [2.45, 2.75) is 32.7 Å². The van der Waals surface area contributed by atoms with Gasteiger partial charge in [0.2, 0.25) is 0 Å². The number of aromatic nitrogens is 1. The molecule has 1 unspecified atom stereocenters. The Bertz CT molecular complexity index is 601. The van der Waals surface area contributed by atoms with E-state index in [4.69, 9.17) is 0 Å². The van der Waals surface area contributed by atoms with Crippen LogP contribution in [0.5, 0.6) is 0 Å². The van der Waals surface area contributed by atoms with Crippen LogP contribution >= 0.6 is 0 Å². The molecule has 1 aromatic carbocycles. The predicted octanol–water partition coefficient (Wildman–Crippen LogP) is 4.03. The molecule has 0 radical (unpaired) electrons. The van der Waals surface area contributed by atoms with Crippen LogP contribution in [0.4, 0.5) is 4.39 Å². The average Bonchev–Trinajstić information content (AvgIpc) is 2.78. The van der Waals surface area contributed by atoms with E-state index >= 15 is 0 Å². The molecule has 0 saturated heterocycles. The topological polar surface area (TPSA) is 42.2 Å². The number of hydrogen-bond donors (Lipinski definition) is 1. The fourth-order valence-corrected chi connectivity index (χ4v) is 2.38. The van der Waals surface area contributed by atoms with Gasteiger partial charge in [-0.05, 0) is 54.8 Å². The minimum Gasteiger partial charge on any atom is -0.480 e. The number of carboxylic acids is 1. The number of hydrogen-bond acceptors (Lipinski definition) is 1. The monoisotopic (exact) mass is 275 g/mol. The summed E-state index contributed by atoms with van der Waals surface area (Å²) < 4.78 is 14.8. The molecule has 0 spiro atoms. The van der Waals surface area contributed by atoms with E-state index in [1.165, 1.54) is 12.1 Å². The minimum atomic E-state index is -0.842. The lowest BCUT2D eigenvalue weighted by Gasteiger charge is -2.17. The largest absolute Gasteiger partial charge is 0.480 e. The highest BCUT2D eigenvalue weighted by molar-refractivity contribution is 5.74. The van der Waals surface area contributed by atoms with Crippen molar-refractivity contribution in [3.05, 3.63) is 47.9 Å². The van der Waals surface area contributed by atoms with Gasteiger partial charge in [-0.2, -0.15) is 0 Å². The minimum absolute atomic E-state index is 0.299. The van der Waals surface area contributed by atoms with Crippen LogP contribution in [0.2, 0.25) is 0 Å². The summed E-state index contributed by atoms with van der Waals surface area (Å²) in [4.78, 5) is 11.5.